The van der Waals surface area contributed by atoms with E-state index < -0.39 is 29.7 Å². The number of imide groups is 1. The highest BCUT2D eigenvalue weighted by molar-refractivity contribution is 6.47. The number of esters is 1. The summed E-state index contributed by atoms with van der Waals surface area (Å²) in [5, 5.41) is 4.14. The molecule has 7 nitrogen and oxygen atoms in total. The SMILES string of the molecule is O=C(OCc1ccccc1)C1=NNC2C(=O)N(c3ccccc3Cl)C(=O)C12. The number of amides is 2. The van der Waals surface area contributed by atoms with Gasteiger partial charge >= 0.3 is 5.97 Å². The molecular formula is C19H14ClN3O4. The number of nitrogens with zero attached hydrogens (tertiary/aromatic N) is 2. The van der Waals surface area contributed by atoms with E-state index in [1.165, 1.54) is 0 Å². The van der Waals surface area contributed by atoms with Gasteiger partial charge in [0.2, 0.25) is 5.91 Å². The normalized spacial score (nSPS) is 20.9. The minimum atomic E-state index is -1.03. The first-order valence-electron chi connectivity index (χ1n) is 8.24. The summed E-state index contributed by atoms with van der Waals surface area (Å²) in [5.41, 5.74) is 3.56. The van der Waals surface area contributed by atoms with Crippen molar-refractivity contribution in [1.29, 1.82) is 0 Å². The van der Waals surface area contributed by atoms with E-state index in [2.05, 4.69) is 10.5 Å². The van der Waals surface area contributed by atoms with Crippen LogP contribution in [-0.2, 0) is 25.7 Å². The molecule has 2 heterocycles. The van der Waals surface area contributed by atoms with Crippen LogP contribution in [-0.4, -0.2) is 29.5 Å². The van der Waals surface area contributed by atoms with Crippen LogP contribution in [0.3, 0.4) is 0 Å². The molecule has 1 saturated heterocycles. The molecule has 2 amide bonds. The van der Waals surface area contributed by atoms with E-state index in [0.717, 1.165) is 10.5 Å². The molecule has 2 atom stereocenters. The van der Waals surface area contributed by atoms with Crippen LogP contribution < -0.4 is 10.3 Å². The predicted molar refractivity (Wildman–Crippen MR) is 98.0 cm³/mol. The fraction of sp³-hybridized carbons (Fsp3) is 0.158. The van der Waals surface area contributed by atoms with Gasteiger partial charge in [0.15, 0.2) is 5.71 Å². The van der Waals surface area contributed by atoms with E-state index in [9.17, 15) is 14.4 Å². The second kappa shape index (κ2) is 6.85. The fourth-order valence-corrected chi connectivity index (χ4v) is 3.35. The average Bonchev–Trinajstić information content (AvgIpc) is 3.22. The third-order valence-corrected chi connectivity index (χ3v) is 4.76. The summed E-state index contributed by atoms with van der Waals surface area (Å²) in [6, 6.07) is 14.7. The summed E-state index contributed by atoms with van der Waals surface area (Å²) < 4.78 is 5.25. The number of para-hydroxylation sites is 1. The van der Waals surface area contributed by atoms with Gasteiger partial charge in [0.25, 0.3) is 5.91 Å². The Morgan fingerprint density at radius 1 is 1.07 bits per heavy atom. The molecule has 1 N–H and O–H groups in total. The molecule has 0 bridgehead atoms. The molecule has 136 valence electrons. The zero-order valence-corrected chi connectivity index (χ0v) is 14.7. The number of rotatable bonds is 4. The Morgan fingerprint density at radius 2 is 1.78 bits per heavy atom. The fourth-order valence-electron chi connectivity index (χ4n) is 3.13. The van der Waals surface area contributed by atoms with Gasteiger partial charge in [-0.3, -0.25) is 15.0 Å². The van der Waals surface area contributed by atoms with Gasteiger partial charge in [-0.15, -0.1) is 0 Å². The van der Waals surface area contributed by atoms with Crippen molar-refractivity contribution in [2.75, 3.05) is 4.90 Å². The second-order valence-electron chi connectivity index (χ2n) is 6.11. The number of hydrogen-bond acceptors (Lipinski definition) is 6. The number of ether oxygens (including phenoxy) is 1. The molecule has 0 radical (unpaired) electrons. The summed E-state index contributed by atoms with van der Waals surface area (Å²) in [6.07, 6.45) is 0. The molecule has 0 spiro atoms. The van der Waals surface area contributed by atoms with Gasteiger partial charge in [0.05, 0.1) is 10.7 Å². The molecule has 27 heavy (non-hydrogen) atoms. The molecule has 0 aromatic heterocycles. The highest BCUT2D eigenvalue weighted by Crippen LogP contribution is 2.34. The molecule has 2 aliphatic rings. The van der Waals surface area contributed by atoms with Crippen molar-refractivity contribution < 1.29 is 19.1 Å². The quantitative estimate of drug-likeness (QED) is 0.643. The molecule has 0 aliphatic carbocycles. The number of anilines is 1. The van der Waals surface area contributed by atoms with E-state index in [1.807, 2.05) is 30.3 Å². The van der Waals surface area contributed by atoms with Gasteiger partial charge in [-0.05, 0) is 17.7 Å². The number of hydrazone groups is 1. The molecular weight excluding hydrogens is 370 g/mol. The monoisotopic (exact) mass is 383 g/mol. The molecule has 2 aromatic carbocycles. The van der Waals surface area contributed by atoms with Crippen LogP contribution in [0.15, 0.2) is 59.7 Å². The Kier molecular flexibility index (Phi) is 4.37. The largest absolute Gasteiger partial charge is 0.456 e. The summed E-state index contributed by atoms with van der Waals surface area (Å²) in [4.78, 5) is 38.9. The van der Waals surface area contributed by atoms with Crippen LogP contribution in [0.5, 0.6) is 0 Å². The number of halogens is 1. The standard InChI is InChI=1S/C19H14ClN3O4/c20-12-8-4-5-9-13(12)23-17(24)14-15(18(23)25)21-22-16(14)19(26)27-10-11-6-2-1-3-7-11/h1-9,14-15,21H,10H2. The first-order chi connectivity index (χ1) is 13.1. The zero-order chi connectivity index (χ0) is 19.0. The van der Waals surface area contributed by atoms with Crippen molar-refractivity contribution in [2.45, 2.75) is 12.6 Å². The number of fused-ring (bicyclic) bond motifs is 1. The van der Waals surface area contributed by atoms with E-state index in [4.69, 9.17) is 16.3 Å². The average molecular weight is 384 g/mol. The van der Waals surface area contributed by atoms with Crippen LogP contribution in [0.1, 0.15) is 5.56 Å². The van der Waals surface area contributed by atoms with Crippen molar-refractivity contribution in [3.8, 4) is 0 Å². The maximum atomic E-state index is 12.9. The number of carbonyl (C=O) groups is 3. The zero-order valence-electron chi connectivity index (χ0n) is 14.0. The summed E-state index contributed by atoms with van der Waals surface area (Å²) >= 11 is 6.12. The molecule has 2 aromatic rings. The van der Waals surface area contributed by atoms with E-state index in [-0.39, 0.29) is 23.0 Å². The van der Waals surface area contributed by atoms with Gasteiger partial charge in [0, 0.05) is 0 Å². The van der Waals surface area contributed by atoms with Crippen LogP contribution in [0.25, 0.3) is 0 Å². The van der Waals surface area contributed by atoms with Crippen LogP contribution in [0, 0.1) is 5.92 Å². The molecule has 2 aliphatic heterocycles. The number of carbonyl (C=O) groups excluding carboxylic acids is 3. The molecule has 0 saturated carbocycles. The van der Waals surface area contributed by atoms with Gasteiger partial charge in [-0.2, -0.15) is 5.10 Å². The lowest BCUT2D eigenvalue weighted by molar-refractivity contribution is -0.137. The predicted octanol–water partition coefficient (Wildman–Crippen LogP) is 1.90. The number of nitrogens with one attached hydrogen (secondary N) is 1. The topological polar surface area (TPSA) is 88.1 Å². The van der Waals surface area contributed by atoms with Crippen molar-refractivity contribution in [1.82, 2.24) is 5.43 Å². The van der Waals surface area contributed by atoms with Gasteiger partial charge in [0.1, 0.15) is 18.6 Å². The Balaban J connectivity index is 1.53. The highest BCUT2D eigenvalue weighted by Gasteiger charge is 2.56. The maximum absolute atomic E-state index is 12.9. The van der Waals surface area contributed by atoms with Crippen LogP contribution in [0.2, 0.25) is 5.02 Å². The number of benzene rings is 2. The van der Waals surface area contributed by atoms with Crippen molar-refractivity contribution >= 4 is 40.8 Å². The maximum Gasteiger partial charge on any atom is 0.355 e. The van der Waals surface area contributed by atoms with Crippen LogP contribution >= 0.6 is 11.6 Å². The number of hydrogen-bond donors (Lipinski definition) is 1. The third kappa shape index (κ3) is 2.96. The molecule has 4 rings (SSSR count). The van der Waals surface area contributed by atoms with E-state index in [1.54, 1.807) is 24.3 Å². The lowest BCUT2D eigenvalue weighted by Gasteiger charge is -2.16. The van der Waals surface area contributed by atoms with Crippen molar-refractivity contribution in [2.24, 2.45) is 11.0 Å². The van der Waals surface area contributed by atoms with Crippen molar-refractivity contribution in [3.63, 3.8) is 0 Å². The molecule has 2 unspecified atom stereocenters. The summed E-state index contributed by atoms with van der Waals surface area (Å²) in [7, 11) is 0. The third-order valence-electron chi connectivity index (χ3n) is 4.44. The first kappa shape index (κ1) is 17.2. The minimum absolute atomic E-state index is 0.0481. The lowest BCUT2D eigenvalue weighted by atomic mass is 9.99. The van der Waals surface area contributed by atoms with E-state index >= 15 is 0 Å². The van der Waals surface area contributed by atoms with Crippen molar-refractivity contribution in [3.05, 3.63) is 65.2 Å². The van der Waals surface area contributed by atoms with Gasteiger partial charge in [-0.25, -0.2) is 9.69 Å². The van der Waals surface area contributed by atoms with Gasteiger partial charge < -0.3 is 4.74 Å². The Hall–Kier alpha value is -3.19. The second-order valence-corrected chi connectivity index (χ2v) is 6.51. The Bertz CT molecular complexity index is 960. The van der Waals surface area contributed by atoms with Gasteiger partial charge in [-0.1, -0.05) is 54.1 Å². The van der Waals surface area contributed by atoms with Crippen LogP contribution in [0.4, 0.5) is 5.69 Å². The molecule has 1 fully saturated rings. The lowest BCUT2D eigenvalue weighted by Crippen LogP contribution is -2.36. The highest BCUT2D eigenvalue weighted by atomic mass is 35.5. The smallest absolute Gasteiger partial charge is 0.355 e. The first-order valence-corrected chi connectivity index (χ1v) is 8.62. The summed E-state index contributed by atoms with van der Waals surface area (Å²) in [6.45, 7) is 0.0481. The minimum Gasteiger partial charge on any atom is -0.456 e. The summed E-state index contributed by atoms with van der Waals surface area (Å²) in [5.74, 6) is -2.83. The Morgan fingerprint density at radius 3 is 2.52 bits per heavy atom. The Labute approximate surface area is 159 Å². The van der Waals surface area contributed by atoms with E-state index in [0.29, 0.717) is 0 Å². The molecule has 8 heteroatoms.